The molecule has 1 aromatic carbocycles. The molecule has 110 valence electrons. The van der Waals surface area contributed by atoms with Gasteiger partial charge in [-0.2, -0.15) is 22.5 Å². The smallest absolute Gasteiger partial charge is 0.279 e. The Hall–Kier alpha value is -1.97. The van der Waals surface area contributed by atoms with Crippen LogP contribution in [0.4, 0.5) is 0 Å². The van der Waals surface area contributed by atoms with Crippen molar-refractivity contribution in [2.24, 2.45) is 5.10 Å². The molecule has 0 heterocycles. The molecule has 0 fully saturated rings. The van der Waals surface area contributed by atoms with Crippen LogP contribution in [0.1, 0.15) is 5.56 Å². The third kappa shape index (κ3) is 5.34. The summed E-state index contributed by atoms with van der Waals surface area (Å²) in [6, 6.07) is 6.18. The van der Waals surface area contributed by atoms with Gasteiger partial charge in [-0.15, -0.1) is 0 Å². The van der Waals surface area contributed by atoms with Crippen LogP contribution in [0, 0.1) is 0 Å². The van der Waals surface area contributed by atoms with Crippen LogP contribution in [-0.4, -0.2) is 50.6 Å². The van der Waals surface area contributed by atoms with Gasteiger partial charge in [0, 0.05) is 14.1 Å². The van der Waals surface area contributed by atoms with E-state index < -0.39 is 22.7 Å². The van der Waals surface area contributed by atoms with Gasteiger partial charge in [-0.1, -0.05) is 0 Å². The highest BCUT2D eigenvalue weighted by atomic mass is 32.2. The zero-order valence-electron chi connectivity index (χ0n) is 11.1. The van der Waals surface area contributed by atoms with Gasteiger partial charge >= 0.3 is 0 Å². The lowest BCUT2D eigenvalue weighted by atomic mass is 10.2. The van der Waals surface area contributed by atoms with Crippen LogP contribution in [0.25, 0.3) is 0 Å². The maximum Gasteiger partial charge on any atom is 0.279 e. The van der Waals surface area contributed by atoms with E-state index in [0.717, 1.165) is 4.31 Å². The topological polar surface area (TPSA) is 111 Å². The van der Waals surface area contributed by atoms with Crippen LogP contribution in [0.15, 0.2) is 29.4 Å². The fraction of sp³-hybridized carbons (Fsp3) is 0.273. The van der Waals surface area contributed by atoms with Crippen molar-refractivity contribution in [3.63, 3.8) is 0 Å². The first-order valence-electron chi connectivity index (χ1n) is 5.59. The summed E-state index contributed by atoms with van der Waals surface area (Å²) in [5.41, 5.74) is 2.86. The zero-order valence-corrected chi connectivity index (χ0v) is 11.9. The molecule has 1 rings (SSSR count). The van der Waals surface area contributed by atoms with E-state index in [1.807, 2.05) is 0 Å². The Morgan fingerprint density at radius 1 is 1.35 bits per heavy atom. The number of nitrogens with zero attached hydrogens (tertiary/aromatic N) is 2. The van der Waals surface area contributed by atoms with Crippen LogP contribution in [0.3, 0.4) is 0 Å². The van der Waals surface area contributed by atoms with E-state index >= 15 is 0 Å². The summed E-state index contributed by atoms with van der Waals surface area (Å²) in [6.07, 6.45) is 1.37. The highest BCUT2D eigenvalue weighted by Crippen LogP contribution is 2.07. The van der Waals surface area contributed by atoms with E-state index in [0.29, 0.717) is 5.56 Å². The van der Waals surface area contributed by atoms with Crippen LogP contribution < -0.4 is 10.1 Å². The number of benzene rings is 1. The highest BCUT2D eigenvalue weighted by molar-refractivity contribution is 7.87. The summed E-state index contributed by atoms with van der Waals surface area (Å²) >= 11 is 0. The minimum Gasteiger partial charge on any atom is -0.508 e. The first-order chi connectivity index (χ1) is 9.31. The molecule has 3 N–H and O–H groups in total. The van der Waals surface area contributed by atoms with E-state index in [-0.39, 0.29) is 5.75 Å². The Bertz CT molecular complexity index is 581. The molecule has 9 heteroatoms. The maximum absolute atomic E-state index is 11.3. The molecule has 1 aromatic rings. The van der Waals surface area contributed by atoms with Gasteiger partial charge in [0.1, 0.15) is 5.75 Å². The van der Waals surface area contributed by atoms with Crippen LogP contribution in [-0.2, 0) is 15.0 Å². The number of carbonyl (C=O) groups is 1. The van der Waals surface area contributed by atoms with E-state index in [2.05, 4.69) is 15.2 Å². The van der Waals surface area contributed by atoms with Crippen LogP contribution >= 0.6 is 0 Å². The number of hydrogen-bond donors (Lipinski definition) is 3. The fourth-order valence-electron chi connectivity index (χ4n) is 1.06. The number of hydrazone groups is 1. The molecule has 1 amide bonds. The van der Waals surface area contributed by atoms with E-state index in [4.69, 9.17) is 5.11 Å². The first-order valence-corrected chi connectivity index (χ1v) is 7.03. The Labute approximate surface area is 117 Å². The summed E-state index contributed by atoms with van der Waals surface area (Å²) in [7, 11) is -0.932. The number of phenols is 1. The molecule has 20 heavy (non-hydrogen) atoms. The number of amides is 1. The average Bonchev–Trinajstić information content (AvgIpc) is 2.39. The summed E-state index contributed by atoms with van der Waals surface area (Å²) in [5, 5.41) is 12.7. The summed E-state index contributed by atoms with van der Waals surface area (Å²) in [6.45, 7) is -0.409. The van der Waals surface area contributed by atoms with Gasteiger partial charge in [0.15, 0.2) is 0 Å². The Morgan fingerprint density at radius 2 is 1.95 bits per heavy atom. The molecule has 0 unspecified atom stereocenters. The molecular formula is C11H16N4O4S. The fourth-order valence-corrected chi connectivity index (χ4v) is 1.64. The molecule has 0 atom stereocenters. The van der Waals surface area contributed by atoms with Crippen molar-refractivity contribution in [1.82, 2.24) is 14.5 Å². The molecule has 0 radical (unpaired) electrons. The summed E-state index contributed by atoms with van der Waals surface area (Å²) < 4.78 is 25.7. The number of rotatable bonds is 6. The Balaban J connectivity index is 2.42. The summed E-state index contributed by atoms with van der Waals surface area (Å²) in [5.74, 6) is -0.463. The van der Waals surface area contributed by atoms with Crippen LogP contribution in [0.5, 0.6) is 5.75 Å². The predicted octanol–water partition coefficient (Wildman–Crippen LogP) is -0.762. The van der Waals surface area contributed by atoms with Crippen molar-refractivity contribution in [3.8, 4) is 5.75 Å². The summed E-state index contributed by atoms with van der Waals surface area (Å²) in [4.78, 5) is 11.3. The van der Waals surface area contributed by atoms with Gasteiger partial charge in [0.25, 0.3) is 16.1 Å². The van der Waals surface area contributed by atoms with Gasteiger partial charge in [-0.3, -0.25) is 4.79 Å². The van der Waals surface area contributed by atoms with Crippen molar-refractivity contribution in [2.45, 2.75) is 0 Å². The molecule has 0 saturated heterocycles. The molecule has 0 aliphatic carbocycles. The number of hydrogen-bond acceptors (Lipinski definition) is 5. The SMILES string of the molecule is CN(C)S(=O)(=O)NCC(=O)N/N=C/c1ccc(O)cc1. The Morgan fingerprint density at radius 3 is 2.50 bits per heavy atom. The average molecular weight is 300 g/mol. The second-order valence-electron chi connectivity index (χ2n) is 3.99. The molecule has 0 spiro atoms. The third-order valence-corrected chi connectivity index (χ3v) is 3.66. The van der Waals surface area contributed by atoms with Crippen molar-refractivity contribution >= 4 is 22.3 Å². The number of carbonyl (C=O) groups excluding carboxylic acids is 1. The predicted molar refractivity (Wildman–Crippen MR) is 74.5 cm³/mol. The monoisotopic (exact) mass is 300 g/mol. The minimum absolute atomic E-state index is 0.129. The second kappa shape index (κ2) is 6.98. The largest absolute Gasteiger partial charge is 0.508 e. The first kappa shape index (κ1) is 16.1. The minimum atomic E-state index is -3.63. The lowest BCUT2D eigenvalue weighted by molar-refractivity contribution is -0.119. The van der Waals surface area contributed by atoms with Gasteiger partial charge in [-0.05, 0) is 29.8 Å². The van der Waals surface area contributed by atoms with Gasteiger partial charge in [-0.25, -0.2) is 5.43 Å². The highest BCUT2D eigenvalue weighted by Gasteiger charge is 2.13. The molecule has 0 bridgehead atoms. The normalized spacial score (nSPS) is 11.9. The second-order valence-corrected chi connectivity index (χ2v) is 5.96. The molecule has 8 nitrogen and oxygen atoms in total. The molecule has 0 saturated carbocycles. The van der Waals surface area contributed by atoms with Crippen molar-refractivity contribution in [3.05, 3.63) is 29.8 Å². The quantitative estimate of drug-likeness (QED) is 0.473. The molecule has 0 aliphatic heterocycles. The zero-order chi connectivity index (χ0) is 15.2. The van der Waals surface area contributed by atoms with Crippen molar-refractivity contribution in [2.75, 3.05) is 20.6 Å². The van der Waals surface area contributed by atoms with Crippen molar-refractivity contribution in [1.29, 1.82) is 0 Å². The molecule has 0 aromatic heterocycles. The number of phenolic OH excluding ortho intramolecular Hbond substituents is 1. The van der Waals surface area contributed by atoms with Gasteiger partial charge < -0.3 is 5.11 Å². The number of nitrogens with one attached hydrogen (secondary N) is 2. The van der Waals surface area contributed by atoms with Gasteiger partial charge in [0.05, 0.1) is 12.8 Å². The van der Waals surface area contributed by atoms with E-state index in [9.17, 15) is 13.2 Å². The molecular weight excluding hydrogens is 284 g/mol. The van der Waals surface area contributed by atoms with E-state index in [1.54, 1.807) is 12.1 Å². The lowest BCUT2D eigenvalue weighted by Gasteiger charge is -2.11. The standard InChI is InChI=1S/C11H16N4O4S/c1-15(2)20(18,19)13-8-11(17)14-12-7-9-3-5-10(16)6-4-9/h3-7,13,16H,8H2,1-2H3,(H,14,17)/b12-7+. The third-order valence-electron chi connectivity index (χ3n) is 2.19. The van der Waals surface area contributed by atoms with Crippen molar-refractivity contribution < 1.29 is 18.3 Å². The maximum atomic E-state index is 11.3. The van der Waals surface area contributed by atoms with E-state index in [1.165, 1.54) is 32.4 Å². The number of aromatic hydroxyl groups is 1. The molecule has 0 aliphatic rings. The van der Waals surface area contributed by atoms with Gasteiger partial charge in [0.2, 0.25) is 0 Å². The lowest BCUT2D eigenvalue weighted by Crippen LogP contribution is -2.41. The van der Waals surface area contributed by atoms with Crippen LogP contribution in [0.2, 0.25) is 0 Å². The Kier molecular flexibility index (Phi) is 5.62.